The van der Waals surface area contributed by atoms with E-state index in [-0.39, 0.29) is 11.1 Å². The quantitative estimate of drug-likeness (QED) is 0.705. The van der Waals surface area contributed by atoms with Crippen LogP contribution < -0.4 is 5.56 Å². The van der Waals surface area contributed by atoms with Gasteiger partial charge in [0.2, 0.25) is 0 Å². The third-order valence-corrected chi connectivity index (χ3v) is 4.25. The number of fused-ring (bicyclic) bond motifs is 3. The highest BCUT2D eigenvalue weighted by atomic mass is 16.6. The molecule has 2 heterocycles. The first-order chi connectivity index (χ1) is 12.2. The van der Waals surface area contributed by atoms with E-state index in [1.54, 1.807) is 32.3 Å². The predicted octanol–water partition coefficient (Wildman–Crippen LogP) is 4.24. The average Bonchev–Trinajstić information content (AvgIpc) is 2.91. The van der Waals surface area contributed by atoms with Crippen molar-refractivity contribution in [3.8, 4) is 0 Å². The molecule has 6 nitrogen and oxygen atoms in total. The van der Waals surface area contributed by atoms with Crippen LogP contribution in [0.1, 0.15) is 46.4 Å². The van der Waals surface area contributed by atoms with Gasteiger partial charge >= 0.3 is 6.09 Å². The first kappa shape index (κ1) is 18.2. The molecule has 0 radical (unpaired) electrons. The van der Waals surface area contributed by atoms with Crippen molar-refractivity contribution in [1.82, 2.24) is 14.1 Å². The number of aromatic nitrogens is 3. The first-order valence-corrected chi connectivity index (χ1v) is 8.98. The number of imidazole rings is 1. The van der Waals surface area contributed by atoms with E-state index in [1.807, 2.05) is 24.3 Å². The zero-order chi connectivity index (χ0) is 19.1. The fraction of sp³-hybridized carbons (Fsp3) is 0.450. The van der Waals surface area contributed by atoms with Crippen LogP contribution in [0.15, 0.2) is 29.1 Å². The number of carbonyl (C=O) groups is 1. The van der Waals surface area contributed by atoms with E-state index in [0.29, 0.717) is 17.9 Å². The van der Waals surface area contributed by atoms with Gasteiger partial charge in [0.1, 0.15) is 22.5 Å². The summed E-state index contributed by atoms with van der Waals surface area (Å²) in [7, 11) is 0. The minimum Gasteiger partial charge on any atom is -0.443 e. The second kappa shape index (κ2) is 6.59. The second-order valence-corrected chi connectivity index (χ2v) is 7.50. The molecule has 0 saturated carbocycles. The molecule has 26 heavy (non-hydrogen) atoms. The first-order valence-electron chi connectivity index (χ1n) is 8.98. The summed E-state index contributed by atoms with van der Waals surface area (Å²) >= 11 is 0. The molecule has 0 bridgehead atoms. The Kier molecular flexibility index (Phi) is 4.61. The summed E-state index contributed by atoms with van der Waals surface area (Å²) in [6.45, 7) is 9.80. The molecule has 0 unspecified atom stereocenters. The lowest BCUT2D eigenvalue weighted by molar-refractivity contribution is 0.0540. The molecule has 0 N–H and O–H groups in total. The molecule has 138 valence electrons. The van der Waals surface area contributed by atoms with Gasteiger partial charge < -0.3 is 9.30 Å². The van der Waals surface area contributed by atoms with Crippen molar-refractivity contribution in [3.05, 3.63) is 40.4 Å². The van der Waals surface area contributed by atoms with Crippen molar-refractivity contribution in [3.63, 3.8) is 0 Å². The van der Waals surface area contributed by atoms with Crippen LogP contribution in [0, 0.1) is 6.92 Å². The molecule has 1 aromatic carbocycles. The highest BCUT2D eigenvalue weighted by Crippen LogP contribution is 2.24. The third-order valence-electron chi connectivity index (χ3n) is 4.25. The average molecular weight is 355 g/mol. The van der Waals surface area contributed by atoms with Gasteiger partial charge in [-0.1, -0.05) is 31.5 Å². The Morgan fingerprint density at radius 3 is 2.58 bits per heavy atom. The molecule has 2 aromatic heterocycles. The molecule has 0 saturated heterocycles. The molecular formula is C20H25N3O3. The van der Waals surface area contributed by atoms with Crippen molar-refractivity contribution in [2.75, 3.05) is 0 Å². The topological polar surface area (TPSA) is 66.1 Å². The number of unbranched alkanes of at least 4 members (excludes halogenated alkanes) is 1. The molecule has 0 aliphatic heterocycles. The number of aryl methyl sites for hydroxylation is 2. The molecule has 6 heteroatoms. The summed E-state index contributed by atoms with van der Waals surface area (Å²) in [5.74, 6) is 0.449. The maximum Gasteiger partial charge on any atom is 0.420 e. The van der Waals surface area contributed by atoms with Gasteiger partial charge in [0.25, 0.3) is 5.56 Å². The molecule has 0 fully saturated rings. The fourth-order valence-corrected chi connectivity index (χ4v) is 3.13. The number of para-hydroxylation sites is 1. The van der Waals surface area contributed by atoms with Crippen molar-refractivity contribution < 1.29 is 9.53 Å². The monoisotopic (exact) mass is 355 g/mol. The van der Waals surface area contributed by atoms with Crippen LogP contribution in [-0.2, 0) is 11.3 Å². The van der Waals surface area contributed by atoms with Crippen molar-refractivity contribution >= 4 is 28.0 Å². The van der Waals surface area contributed by atoms with Gasteiger partial charge in [0, 0.05) is 11.9 Å². The Morgan fingerprint density at radius 2 is 1.92 bits per heavy atom. The number of nitrogens with zero attached hydrogens (tertiary/aromatic N) is 3. The van der Waals surface area contributed by atoms with E-state index in [0.717, 1.165) is 23.7 Å². The maximum absolute atomic E-state index is 13.2. The Bertz CT molecular complexity index is 1040. The van der Waals surface area contributed by atoms with Gasteiger partial charge in [-0.25, -0.2) is 14.3 Å². The van der Waals surface area contributed by atoms with E-state index < -0.39 is 11.7 Å². The van der Waals surface area contributed by atoms with Gasteiger partial charge in [-0.3, -0.25) is 4.79 Å². The van der Waals surface area contributed by atoms with Crippen molar-refractivity contribution in [2.45, 2.75) is 59.6 Å². The van der Waals surface area contributed by atoms with Crippen LogP contribution in [0.5, 0.6) is 0 Å². The molecule has 0 amide bonds. The van der Waals surface area contributed by atoms with Gasteiger partial charge in [-0.05, 0) is 40.2 Å². The molecule has 0 aliphatic rings. The minimum absolute atomic E-state index is 0.210. The highest BCUT2D eigenvalue weighted by molar-refractivity contribution is 6.04. The van der Waals surface area contributed by atoms with E-state index in [2.05, 4.69) is 11.9 Å². The lowest BCUT2D eigenvalue weighted by Gasteiger charge is -2.20. The van der Waals surface area contributed by atoms with Crippen LogP contribution in [-0.4, -0.2) is 25.8 Å². The summed E-state index contributed by atoms with van der Waals surface area (Å²) < 4.78 is 8.54. The smallest absolute Gasteiger partial charge is 0.420 e. The van der Waals surface area contributed by atoms with E-state index in [4.69, 9.17) is 4.74 Å². The van der Waals surface area contributed by atoms with Crippen LogP contribution >= 0.6 is 0 Å². The molecular weight excluding hydrogens is 330 g/mol. The molecule has 3 rings (SSSR count). The molecule has 0 atom stereocenters. The zero-order valence-corrected chi connectivity index (χ0v) is 16.0. The predicted molar refractivity (Wildman–Crippen MR) is 103 cm³/mol. The lowest BCUT2D eigenvalue weighted by atomic mass is 10.1. The van der Waals surface area contributed by atoms with Gasteiger partial charge in [-0.2, -0.15) is 0 Å². The summed E-state index contributed by atoms with van der Waals surface area (Å²) in [5, 5.41) is 0.864. The van der Waals surface area contributed by atoms with Crippen LogP contribution in [0.2, 0.25) is 0 Å². The summed E-state index contributed by atoms with van der Waals surface area (Å²) in [4.78, 5) is 30.5. The standard InChI is InChI=1S/C20H25N3O3/c1-6-7-12-22-15-11-9-8-10-14(15)16-17(18(22)24)23(13(2)21-16)19(25)26-20(3,4)5/h8-11H,6-7,12H2,1-5H3. The fourth-order valence-electron chi connectivity index (χ4n) is 3.13. The number of hydrogen-bond acceptors (Lipinski definition) is 4. The zero-order valence-electron chi connectivity index (χ0n) is 16.0. The number of pyridine rings is 1. The Labute approximate surface area is 152 Å². The maximum atomic E-state index is 13.2. The van der Waals surface area contributed by atoms with Gasteiger partial charge in [0.05, 0.1) is 5.52 Å². The largest absolute Gasteiger partial charge is 0.443 e. The summed E-state index contributed by atoms with van der Waals surface area (Å²) in [5.41, 5.74) is 0.803. The Balaban J connectivity index is 2.35. The van der Waals surface area contributed by atoms with E-state index in [1.165, 1.54) is 4.57 Å². The number of rotatable bonds is 3. The number of hydrogen-bond donors (Lipinski definition) is 0. The van der Waals surface area contributed by atoms with Crippen molar-refractivity contribution in [2.24, 2.45) is 0 Å². The van der Waals surface area contributed by atoms with Gasteiger partial charge in [-0.15, -0.1) is 0 Å². The van der Waals surface area contributed by atoms with E-state index >= 15 is 0 Å². The van der Waals surface area contributed by atoms with Crippen LogP contribution in [0.4, 0.5) is 4.79 Å². The lowest BCUT2D eigenvalue weighted by Crippen LogP contribution is -2.30. The third kappa shape index (κ3) is 3.11. The highest BCUT2D eigenvalue weighted by Gasteiger charge is 2.25. The Hall–Kier alpha value is -2.63. The van der Waals surface area contributed by atoms with Crippen LogP contribution in [0.25, 0.3) is 21.9 Å². The summed E-state index contributed by atoms with van der Waals surface area (Å²) in [6.07, 6.45) is 1.28. The van der Waals surface area contributed by atoms with Gasteiger partial charge in [0.15, 0.2) is 0 Å². The molecule has 3 aromatic rings. The van der Waals surface area contributed by atoms with E-state index in [9.17, 15) is 9.59 Å². The minimum atomic E-state index is -0.655. The second-order valence-electron chi connectivity index (χ2n) is 7.50. The van der Waals surface area contributed by atoms with Crippen molar-refractivity contribution in [1.29, 1.82) is 0 Å². The summed E-state index contributed by atoms with van der Waals surface area (Å²) in [6, 6.07) is 7.69. The number of ether oxygens (including phenoxy) is 1. The Morgan fingerprint density at radius 1 is 1.23 bits per heavy atom. The molecule has 0 spiro atoms. The normalized spacial score (nSPS) is 12.0. The van der Waals surface area contributed by atoms with Crippen LogP contribution in [0.3, 0.4) is 0 Å². The number of benzene rings is 1. The number of carbonyl (C=O) groups excluding carboxylic acids is 1. The molecule has 0 aliphatic carbocycles. The SMILES string of the molecule is CCCCn1c(=O)c2c(nc(C)n2C(=O)OC(C)(C)C)c2ccccc21.